The molecule has 2 unspecified atom stereocenters. The highest BCUT2D eigenvalue weighted by Crippen LogP contribution is 2.38. The number of esters is 2. The van der Waals surface area contributed by atoms with Crippen molar-refractivity contribution >= 4 is 35.2 Å². The molecule has 4 heterocycles. The fourth-order valence-electron chi connectivity index (χ4n) is 11.6. The van der Waals surface area contributed by atoms with Crippen LogP contribution in [0.2, 0.25) is 0 Å². The summed E-state index contributed by atoms with van der Waals surface area (Å²) in [6.45, 7) is 15.8. The maximum absolute atomic E-state index is 14.6. The molecular weight excluding hydrogens is 993 g/mol. The number of piperidine rings is 1. The number of methoxy groups -OCH3 is 3. The van der Waals surface area contributed by atoms with Gasteiger partial charge in [0.25, 0.3) is 11.7 Å². The summed E-state index contributed by atoms with van der Waals surface area (Å²) in [5, 5.41) is 23.6. The van der Waals surface area contributed by atoms with Gasteiger partial charge in [0.15, 0.2) is 5.78 Å². The van der Waals surface area contributed by atoms with Gasteiger partial charge in [-0.25, -0.2) is 4.79 Å². The van der Waals surface area contributed by atoms with Gasteiger partial charge in [-0.1, -0.05) is 71.1 Å². The number of nitrogens with zero attached hydrogens (tertiary/aromatic N) is 2. The van der Waals surface area contributed by atoms with Crippen LogP contribution in [0.4, 0.5) is 0 Å². The number of rotatable bonds is 12. The Bertz CT molecular complexity index is 2080. The van der Waals surface area contributed by atoms with Crippen molar-refractivity contribution in [1.29, 1.82) is 0 Å². The van der Waals surface area contributed by atoms with Gasteiger partial charge < -0.3 is 53.0 Å². The van der Waals surface area contributed by atoms with Gasteiger partial charge in [0, 0.05) is 71.6 Å². The summed E-state index contributed by atoms with van der Waals surface area (Å²) in [5.41, 5.74) is 1.25. The van der Waals surface area contributed by atoms with Crippen molar-refractivity contribution < 1.29 is 76.9 Å². The summed E-state index contributed by atoms with van der Waals surface area (Å²) >= 11 is 0. The number of aliphatic hydroxyl groups excluding tert-OH is 1. The van der Waals surface area contributed by atoms with Crippen molar-refractivity contribution in [3.63, 3.8) is 0 Å². The summed E-state index contributed by atoms with van der Waals surface area (Å²) in [6.07, 6.45) is 11.5. The van der Waals surface area contributed by atoms with Crippen molar-refractivity contribution in [3.8, 4) is 0 Å². The number of aliphatic hydroxyl groups is 2. The van der Waals surface area contributed by atoms with E-state index < -0.39 is 77.8 Å². The summed E-state index contributed by atoms with van der Waals surface area (Å²) < 4.78 is 47.0. The van der Waals surface area contributed by atoms with Gasteiger partial charge >= 0.3 is 11.9 Å². The standard InChI is InChI=1S/C59H92N2O16/c1-37-16-12-11-13-17-38(2)49(70-8)34-45-21-19-43(7)59(69,77-45)56(66)57(67)61-23-15-14-18-46(61)58(68)76-50(35-47(62)39(3)31-42(6)54(65)55(72-10)53(64)41(5)30-37)40(4)32-44-20-22-48(51(33-44)71-9)74-28-29-75-52(63)36-60-24-26-73-27-25-60/h11-13,16-17,31,37,39-41,43-46,48-51,54-55,65,69H,14-15,18-30,32-36H2,1-10H3/b13-11+,16-12+,38-17+,42-31+/t37-,39-,40-,41-,43-,44+,45?,46?,48-,49+,50+,51-,54-,55+,59-/m1/s1. The molecule has 18 heteroatoms. The monoisotopic (exact) mass is 1080 g/mol. The predicted molar refractivity (Wildman–Crippen MR) is 287 cm³/mol. The highest BCUT2D eigenvalue weighted by atomic mass is 16.6. The second-order valence-electron chi connectivity index (χ2n) is 22.5. The predicted octanol–water partition coefficient (Wildman–Crippen LogP) is 6.08. The van der Waals surface area contributed by atoms with E-state index in [1.165, 1.54) is 12.0 Å². The summed E-state index contributed by atoms with van der Waals surface area (Å²) in [5.74, 6) is -8.48. The van der Waals surface area contributed by atoms with E-state index in [1.807, 2.05) is 63.0 Å². The minimum atomic E-state index is -2.45. The number of fused-ring (bicyclic) bond motifs is 3. The first-order chi connectivity index (χ1) is 36.7. The molecule has 434 valence electrons. The van der Waals surface area contributed by atoms with Crippen LogP contribution in [0.25, 0.3) is 0 Å². The maximum atomic E-state index is 14.6. The molecule has 5 aliphatic rings. The van der Waals surface area contributed by atoms with Gasteiger partial charge in [0.1, 0.15) is 36.7 Å². The average Bonchev–Trinajstić information content (AvgIpc) is 3.42. The zero-order valence-corrected chi connectivity index (χ0v) is 47.7. The Hall–Kier alpha value is -3.98. The van der Waals surface area contributed by atoms with Crippen molar-refractivity contribution in [2.24, 2.45) is 35.5 Å². The third kappa shape index (κ3) is 18.3. The first kappa shape index (κ1) is 63.8. The molecule has 1 aliphatic carbocycles. The number of hydrogen-bond acceptors (Lipinski definition) is 17. The topological polar surface area (TPSA) is 223 Å². The van der Waals surface area contributed by atoms with Crippen LogP contribution in [0, 0.1) is 35.5 Å². The van der Waals surface area contributed by atoms with Gasteiger partial charge in [-0.05, 0) is 107 Å². The van der Waals surface area contributed by atoms with E-state index in [1.54, 1.807) is 41.1 Å². The number of carbonyl (C=O) groups is 6. The Morgan fingerprint density at radius 2 is 1.57 bits per heavy atom. The second-order valence-corrected chi connectivity index (χ2v) is 22.5. The quantitative estimate of drug-likeness (QED) is 0.0978. The van der Waals surface area contributed by atoms with Gasteiger partial charge in [0.2, 0.25) is 5.79 Å². The largest absolute Gasteiger partial charge is 0.462 e. The Morgan fingerprint density at radius 3 is 2.27 bits per heavy atom. The second kappa shape index (κ2) is 31.1. The normalized spacial score (nSPS) is 37.3. The first-order valence-corrected chi connectivity index (χ1v) is 28.3. The zero-order valence-electron chi connectivity index (χ0n) is 47.7. The van der Waals surface area contributed by atoms with Gasteiger partial charge in [-0.3, -0.25) is 28.9 Å². The van der Waals surface area contributed by atoms with E-state index in [9.17, 15) is 39.0 Å². The Labute approximate surface area is 457 Å². The molecule has 2 bridgehead atoms. The van der Waals surface area contributed by atoms with Crippen LogP contribution in [0.15, 0.2) is 47.6 Å². The highest BCUT2D eigenvalue weighted by molar-refractivity contribution is 6.39. The molecule has 1 amide bonds. The van der Waals surface area contributed by atoms with Crippen LogP contribution >= 0.6 is 0 Å². The van der Waals surface area contributed by atoms with E-state index in [0.29, 0.717) is 89.7 Å². The van der Waals surface area contributed by atoms with Crippen LogP contribution < -0.4 is 0 Å². The third-order valence-electron chi connectivity index (χ3n) is 16.6. The fourth-order valence-corrected chi connectivity index (χ4v) is 11.6. The molecule has 4 fully saturated rings. The van der Waals surface area contributed by atoms with Gasteiger partial charge in [-0.15, -0.1) is 0 Å². The summed E-state index contributed by atoms with van der Waals surface area (Å²) in [7, 11) is 4.59. The lowest BCUT2D eigenvalue weighted by Crippen LogP contribution is -2.61. The molecule has 0 radical (unpaired) electrons. The third-order valence-corrected chi connectivity index (χ3v) is 16.6. The minimum absolute atomic E-state index is 0.00543. The van der Waals surface area contributed by atoms with Gasteiger partial charge in [-0.2, -0.15) is 0 Å². The van der Waals surface area contributed by atoms with Crippen LogP contribution in [-0.4, -0.2) is 184 Å². The van der Waals surface area contributed by atoms with Crippen LogP contribution in [-0.2, 0) is 66.7 Å². The van der Waals surface area contributed by atoms with E-state index >= 15 is 0 Å². The molecule has 15 atom stereocenters. The van der Waals surface area contributed by atoms with E-state index in [0.717, 1.165) is 12.0 Å². The number of carbonyl (C=O) groups excluding carboxylic acids is 6. The SMILES string of the molecule is CO[C@H]1CC2CC[C@@H](C)[C@@](O)(O2)C(=O)C(=O)N2CCCCC2C(=O)O[C@H]([C@H](C)C[C@@H]2CC[C@@H](OCCOC(=O)CN3CCOCC3)[C@H](OC)C2)CC(=O)[C@H](C)/C=C(\C)[C@@H](O)[C@@H](OC)C(=O)[C@H](C)C[C@H](C)/C=C/C=C/C=C/1C. The molecule has 0 aromatic rings. The van der Waals surface area contributed by atoms with Crippen LogP contribution in [0.3, 0.4) is 0 Å². The first-order valence-electron chi connectivity index (χ1n) is 28.3. The fraction of sp³-hybridized carbons (Fsp3) is 0.763. The molecule has 0 aromatic heterocycles. The number of ether oxygens (including phenoxy) is 8. The number of cyclic esters (lactones) is 1. The highest BCUT2D eigenvalue weighted by Gasteiger charge is 2.53. The molecule has 3 saturated heterocycles. The lowest BCUT2D eigenvalue weighted by molar-refractivity contribution is -0.265. The number of allylic oxidation sites excluding steroid dienone is 6. The Balaban J connectivity index is 1.38. The van der Waals surface area contributed by atoms with Crippen LogP contribution in [0.5, 0.6) is 0 Å². The molecule has 0 aromatic carbocycles. The van der Waals surface area contributed by atoms with E-state index in [2.05, 4.69) is 0 Å². The molecule has 1 saturated carbocycles. The van der Waals surface area contributed by atoms with Crippen molar-refractivity contribution in [1.82, 2.24) is 9.80 Å². The lowest BCUT2D eigenvalue weighted by atomic mass is 9.78. The molecule has 4 aliphatic heterocycles. The smallest absolute Gasteiger partial charge is 0.329 e. The molecule has 0 spiro atoms. The number of hydrogen-bond donors (Lipinski definition) is 2. The van der Waals surface area contributed by atoms with E-state index in [4.69, 9.17) is 37.9 Å². The van der Waals surface area contributed by atoms with Crippen molar-refractivity contribution in [3.05, 3.63) is 47.6 Å². The van der Waals surface area contributed by atoms with Gasteiger partial charge in [0.05, 0.1) is 50.8 Å². The van der Waals surface area contributed by atoms with Crippen molar-refractivity contribution in [2.45, 2.75) is 180 Å². The Morgan fingerprint density at radius 1 is 0.831 bits per heavy atom. The number of Topliss-reactive ketones (excluding diaryl/α,β-unsaturated/α-hetero) is 3. The molecule has 77 heavy (non-hydrogen) atoms. The summed E-state index contributed by atoms with van der Waals surface area (Å²) in [4.78, 5) is 87.2. The minimum Gasteiger partial charge on any atom is -0.462 e. The lowest BCUT2D eigenvalue weighted by Gasteiger charge is -2.42. The van der Waals surface area contributed by atoms with Crippen molar-refractivity contribution in [2.75, 3.05) is 73.9 Å². The number of morpholine rings is 1. The zero-order chi connectivity index (χ0) is 56.4. The molecular formula is C59H92N2O16. The van der Waals surface area contributed by atoms with E-state index in [-0.39, 0.29) is 86.6 Å². The summed E-state index contributed by atoms with van der Waals surface area (Å²) in [6, 6.07) is -1.17. The molecule has 18 nitrogen and oxygen atoms in total. The molecule has 5 rings (SSSR count). The maximum Gasteiger partial charge on any atom is 0.329 e. The molecule has 2 N–H and O–H groups in total. The Kier molecular flexibility index (Phi) is 25.8. The average molecular weight is 1090 g/mol. The number of amides is 1. The van der Waals surface area contributed by atoms with Crippen LogP contribution in [0.1, 0.15) is 126 Å². The number of ketones is 3.